The van der Waals surface area contributed by atoms with Crippen molar-refractivity contribution in [3.8, 4) is 5.75 Å². The molecule has 2 aromatic rings. The van der Waals surface area contributed by atoms with Gasteiger partial charge in [-0.2, -0.15) is 0 Å². The minimum Gasteiger partial charge on any atom is -0.508 e. The monoisotopic (exact) mass is 245 g/mol. The predicted molar refractivity (Wildman–Crippen MR) is 69.8 cm³/mol. The quantitative estimate of drug-likeness (QED) is 0.865. The molecule has 0 radical (unpaired) electrons. The first-order valence-electron chi connectivity index (χ1n) is 5.92. The first kappa shape index (κ1) is 12.6. The van der Waals surface area contributed by atoms with Gasteiger partial charge in [0.2, 0.25) is 0 Å². The Labute approximate surface area is 106 Å². The summed E-state index contributed by atoms with van der Waals surface area (Å²) in [7, 11) is 0. The summed E-state index contributed by atoms with van der Waals surface area (Å²) < 4.78 is 13.1. The third-order valence-corrected chi connectivity index (χ3v) is 2.94. The second-order valence-electron chi connectivity index (χ2n) is 4.29. The number of para-hydroxylation sites is 1. The van der Waals surface area contributed by atoms with Crippen molar-refractivity contribution in [2.75, 3.05) is 0 Å². The molecule has 0 spiro atoms. The Bertz CT molecular complexity index is 527. The van der Waals surface area contributed by atoms with Crippen molar-refractivity contribution >= 4 is 0 Å². The largest absolute Gasteiger partial charge is 0.508 e. The summed E-state index contributed by atoms with van der Waals surface area (Å²) in [6.45, 7) is 2.51. The molecule has 2 nitrogen and oxygen atoms in total. The van der Waals surface area contributed by atoms with E-state index in [0.717, 1.165) is 11.1 Å². The third kappa shape index (κ3) is 3.08. The first-order chi connectivity index (χ1) is 8.66. The van der Waals surface area contributed by atoms with Gasteiger partial charge in [0.1, 0.15) is 11.6 Å². The SMILES string of the molecule is C[C@H](NCc1ccccc1O)c1cccc(F)c1. The van der Waals surface area contributed by atoms with Gasteiger partial charge in [0, 0.05) is 18.2 Å². The molecule has 1 atom stereocenters. The molecule has 2 N–H and O–H groups in total. The fourth-order valence-corrected chi connectivity index (χ4v) is 1.82. The molecule has 0 aliphatic rings. The number of phenolic OH excluding ortho intramolecular Hbond substituents is 1. The zero-order valence-electron chi connectivity index (χ0n) is 10.2. The number of nitrogens with one attached hydrogen (secondary N) is 1. The van der Waals surface area contributed by atoms with Gasteiger partial charge in [0.15, 0.2) is 0 Å². The van der Waals surface area contributed by atoms with E-state index in [1.165, 1.54) is 12.1 Å². The van der Waals surface area contributed by atoms with Gasteiger partial charge >= 0.3 is 0 Å². The molecule has 0 heterocycles. The topological polar surface area (TPSA) is 32.3 Å². The number of halogens is 1. The van der Waals surface area contributed by atoms with Gasteiger partial charge in [0.25, 0.3) is 0 Å². The molecule has 94 valence electrons. The summed E-state index contributed by atoms with van der Waals surface area (Å²) in [6, 6.07) is 13.7. The number of hydrogen-bond donors (Lipinski definition) is 2. The Morgan fingerprint density at radius 3 is 2.67 bits per heavy atom. The lowest BCUT2D eigenvalue weighted by Gasteiger charge is -2.15. The van der Waals surface area contributed by atoms with Crippen LogP contribution in [0.5, 0.6) is 5.75 Å². The van der Waals surface area contributed by atoms with Crippen molar-refractivity contribution in [1.82, 2.24) is 5.32 Å². The van der Waals surface area contributed by atoms with E-state index in [-0.39, 0.29) is 17.6 Å². The minimum atomic E-state index is -0.233. The lowest BCUT2D eigenvalue weighted by atomic mass is 10.1. The zero-order valence-corrected chi connectivity index (χ0v) is 10.2. The van der Waals surface area contributed by atoms with Crippen LogP contribution in [0.15, 0.2) is 48.5 Å². The molecule has 0 saturated carbocycles. The van der Waals surface area contributed by atoms with Gasteiger partial charge in [-0.15, -0.1) is 0 Å². The Hall–Kier alpha value is -1.87. The lowest BCUT2D eigenvalue weighted by Crippen LogP contribution is -2.18. The van der Waals surface area contributed by atoms with E-state index in [0.29, 0.717) is 6.54 Å². The van der Waals surface area contributed by atoms with Crippen LogP contribution < -0.4 is 5.32 Å². The summed E-state index contributed by atoms with van der Waals surface area (Å²) in [5.41, 5.74) is 1.73. The smallest absolute Gasteiger partial charge is 0.123 e. The fourth-order valence-electron chi connectivity index (χ4n) is 1.82. The summed E-state index contributed by atoms with van der Waals surface area (Å²) in [6.07, 6.45) is 0. The van der Waals surface area contributed by atoms with Gasteiger partial charge in [-0.05, 0) is 30.7 Å². The maximum Gasteiger partial charge on any atom is 0.123 e. The van der Waals surface area contributed by atoms with Crippen molar-refractivity contribution < 1.29 is 9.50 Å². The zero-order chi connectivity index (χ0) is 13.0. The highest BCUT2D eigenvalue weighted by atomic mass is 19.1. The van der Waals surface area contributed by atoms with Crippen LogP contribution >= 0.6 is 0 Å². The van der Waals surface area contributed by atoms with E-state index in [1.807, 2.05) is 25.1 Å². The molecule has 0 unspecified atom stereocenters. The van der Waals surface area contributed by atoms with E-state index in [4.69, 9.17) is 0 Å². The third-order valence-electron chi connectivity index (χ3n) is 2.94. The van der Waals surface area contributed by atoms with Crippen molar-refractivity contribution in [3.63, 3.8) is 0 Å². The van der Waals surface area contributed by atoms with Crippen LogP contribution in [0.25, 0.3) is 0 Å². The van der Waals surface area contributed by atoms with E-state index >= 15 is 0 Å². The number of aromatic hydroxyl groups is 1. The van der Waals surface area contributed by atoms with E-state index in [2.05, 4.69) is 5.32 Å². The minimum absolute atomic E-state index is 0.0281. The molecule has 0 aliphatic carbocycles. The highest BCUT2D eigenvalue weighted by Gasteiger charge is 2.07. The predicted octanol–water partition coefficient (Wildman–Crippen LogP) is 3.38. The lowest BCUT2D eigenvalue weighted by molar-refractivity contribution is 0.460. The molecule has 0 saturated heterocycles. The molecular formula is C15H16FNO. The molecule has 0 aromatic heterocycles. The van der Waals surface area contributed by atoms with Gasteiger partial charge < -0.3 is 10.4 Å². The van der Waals surface area contributed by atoms with Crippen molar-refractivity contribution in [3.05, 3.63) is 65.5 Å². The van der Waals surface area contributed by atoms with Crippen LogP contribution in [0, 0.1) is 5.82 Å². The first-order valence-corrected chi connectivity index (χ1v) is 5.92. The van der Waals surface area contributed by atoms with Crippen LogP contribution in [0.3, 0.4) is 0 Å². The number of benzene rings is 2. The Morgan fingerprint density at radius 2 is 1.94 bits per heavy atom. The van der Waals surface area contributed by atoms with Crippen molar-refractivity contribution in [2.45, 2.75) is 19.5 Å². The summed E-state index contributed by atoms with van der Waals surface area (Å²) in [4.78, 5) is 0. The molecule has 3 heteroatoms. The van der Waals surface area contributed by atoms with Crippen LogP contribution in [0.1, 0.15) is 24.1 Å². The van der Waals surface area contributed by atoms with E-state index in [9.17, 15) is 9.50 Å². The average Bonchev–Trinajstić information content (AvgIpc) is 2.37. The Kier molecular flexibility index (Phi) is 3.95. The molecule has 2 aromatic carbocycles. The van der Waals surface area contributed by atoms with Crippen molar-refractivity contribution in [2.24, 2.45) is 0 Å². The van der Waals surface area contributed by atoms with E-state index in [1.54, 1.807) is 18.2 Å². The molecular weight excluding hydrogens is 229 g/mol. The standard InChI is InChI=1S/C15H16FNO/c1-11(12-6-4-7-14(16)9-12)17-10-13-5-2-3-8-15(13)18/h2-9,11,17-18H,10H2,1H3/t11-/m0/s1. The van der Waals surface area contributed by atoms with Crippen LogP contribution in [0.4, 0.5) is 4.39 Å². The number of hydrogen-bond acceptors (Lipinski definition) is 2. The van der Waals surface area contributed by atoms with Gasteiger partial charge in [-0.1, -0.05) is 30.3 Å². The van der Waals surface area contributed by atoms with Crippen molar-refractivity contribution in [1.29, 1.82) is 0 Å². The highest BCUT2D eigenvalue weighted by Crippen LogP contribution is 2.18. The molecule has 2 rings (SSSR count). The maximum atomic E-state index is 13.1. The molecule has 0 bridgehead atoms. The van der Waals surface area contributed by atoms with Crippen LogP contribution in [0.2, 0.25) is 0 Å². The highest BCUT2D eigenvalue weighted by molar-refractivity contribution is 5.31. The number of rotatable bonds is 4. The average molecular weight is 245 g/mol. The molecule has 18 heavy (non-hydrogen) atoms. The molecule has 0 fully saturated rings. The summed E-state index contributed by atoms with van der Waals surface area (Å²) in [5.74, 6) is 0.0418. The Morgan fingerprint density at radius 1 is 1.17 bits per heavy atom. The summed E-state index contributed by atoms with van der Waals surface area (Å²) >= 11 is 0. The molecule has 0 amide bonds. The Balaban J connectivity index is 2.00. The second kappa shape index (κ2) is 5.65. The summed E-state index contributed by atoms with van der Waals surface area (Å²) in [5, 5.41) is 12.9. The maximum absolute atomic E-state index is 13.1. The number of phenols is 1. The van der Waals surface area contributed by atoms with Crippen LogP contribution in [-0.2, 0) is 6.54 Å². The second-order valence-corrected chi connectivity index (χ2v) is 4.29. The van der Waals surface area contributed by atoms with Gasteiger partial charge in [-0.25, -0.2) is 4.39 Å². The fraction of sp³-hybridized carbons (Fsp3) is 0.200. The van der Waals surface area contributed by atoms with E-state index < -0.39 is 0 Å². The van der Waals surface area contributed by atoms with Gasteiger partial charge in [-0.3, -0.25) is 0 Å². The van der Waals surface area contributed by atoms with Crippen LogP contribution in [-0.4, -0.2) is 5.11 Å². The normalized spacial score (nSPS) is 12.3. The van der Waals surface area contributed by atoms with Gasteiger partial charge in [0.05, 0.1) is 0 Å². The molecule has 0 aliphatic heterocycles.